The van der Waals surface area contributed by atoms with E-state index in [0.717, 1.165) is 0 Å². The summed E-state index contributed by atoms with van der Waals surface area (Å²) in [6.45, 7) is 4.16. The highest BCUT2D eigenvalue weighted by atomic mass is 16.7. The SMILES string of the molecule is CNC(CCCN=C(N)N)C(=O)N1CCCC1C(=O)NC(C)C(=O)N1CCCC1C(=O)NCC(=O)NC(CO)C(=O)NC(C(=O)NC(C)C(=O)N1CCCC1C(=O)N1CCCC1C(=O)NC(C)C(N)=O)C(C)O[C@@H]1OC(CO)[C@H](O)C(O[C@@H]2OC(CO)[C@H](O)C(O)[C@H]2O)[C@H]1C. The van der Waals surface area contributed by atoms with Gasteiger partial charge in [0.2, 0.25) is 65.0 Å². The van der Waals surface area contributed by atoms with Crippen LogP contribution in [0.25, 0.3) is 0 Å². The summed E-state index contributed by atoms with van der Waals surface area (Å²) >= 11 is 0. The molecule has 0 spiro atoms. The predicted octanol–water partition coefficient (Wildman–Crippen LogP) is -10.0. The smallest absolute Gasteiger partial charge is 0.246 e. The van der Waals surface area contributed by atoms with Crippen LogP contribution in [0.5, 0.6) is 0 Å². The molecule has 11 amide bonds. The van der Waals surface area contributed by atoms with Crippen LogP contribution in [-0.4, -0.2) is 314 Å². The number of hydrogen-bond donors (Lipinski definition) is 17. The van der Waals surface area contributed by atoms with E-state index in [4.69, 9.17) is 36.1 Å². The standard InChI is InChI=1S/C58H97N15O22/c1-26-45(95-57-44(81)43(80)41(78)37(24-75)94-57)42(79)38(25-76)93-56(26)92-30(5)40(51(87)67-29(4)53(89)73-21-11-16-36(73)55(91)72-20-10-15-35(72)49(85)65-27(2)46(59)82)69-47(83)32(23-74)68-39(77)22-64-48(84)33-13-8-18-70(33)52(88)28(3)66-50(86)34-14-9-19-71(34)54(90)31(62-6)12-7-17-63-58(60)61/h26-38,40-45,56-57,62,74-76,78-81H,7-25H2,1-6H3,(H2,59,82)(H,64,84)(H,65,85)(H,66,86)(H,67,87)(H,68,77)(H,69,83)(H4,60,61,63)/t26-,27?,28?,29?,30?,31?,32?,33?,34?,35?,36?,37?,38?,40?,41+,42+,43?,44-,45?,56-,57+/m1/s1. The molecule has 536 valence electrons. The number of nitrogens with two attached hydrogens (primary N) is 3. The van der Waals surface area contributed by atoms with Crippen molar-refractivity contribution in [1.82, 2.24) is 56.8 Å². The molecule has 0 aliphatic carbocycles. The number of aliphatic hydroxyl groups excluding tert-OH is 7. The molecular formula is C58H97N15O22. The molecule has 6 aliphatic heterocycles. The summed E-state index contributed by atoms with van der Waals surface area (Å²) in [5, 5.41) is 91.4. The minimum absolute atomic E-state index is 0.0585. The second-order valence-corrected chi connectivity index (χ2v) is 24.9. The largest absolute Gasteiger partial charge is 0.394 e. The van der Waals surface area contributed by atoms with Crippen molar-refractivity contribution in [3.63, 3.8) is 0 Å². The van der Waals surface area contributed by atoms with E-state index in [-0.39, 0.29) is 50.8 Å². The zero-order chi connectivity index (χ0) is 70.3. The Labute approximate surface area is 548 Å². The second-order valence-electron chi connectivity index (χ2n) is 24.9. The van der Waals surface area contributed by atoms with Gasteiger partial charge in [0.05, 0.1) is 44.6 Å². The Morgan fingerprint density at radius 1 is 0.579 bits per heavy atom. The summed E-state index contributed by atoms with van der Waals surface area (Å²) in [4.78, 5) is 160. The van der Waals surface area contributed by atoms with E-state index in [0.29, 0.717) is 58.0 Å². The molecule has 6 saturated heterocycles. The van der Waals surface area contributed by atoms with E-state index < -0.39 is 213 Å². The fourth-order valence-electron chi connectivity index (χ4n) is 12.7. The van der Waals surface area contributed by atoms with Crippen molar-refractivity contribution in [2.24, 2.45) is 28.1 Å². The maximum Gasteiger partial charge on any atom is 0.246 e. The average molecular weight is 1360 g/mol. The van der Waals surface area contributed by atoms with Crippen LogP contribution in [0.2, 0.25) is 0 Å². The van der Waals surface area contributed by atoms with Gasteiger partial charge < -0.3 is 129 Å². The number of primary amides is 1. The molecule has 0 aromatic rings. The summed E-state index contributed by atoms with van der Waals surface area (Å²) in [7, 11) is 1.62. The Bertz CT molecular complexity index is 2750. The third kappa shape index (κ3) is 19.2. The molecular weight excluding hydrogens is 1260 g/mol. The van der Waals surface area contributed by atoms with Crippen molar-refractivity contribution < 1.29 is 107 Å². The van der Waals surface area contributed by atoms with Crippen LogP contribution in [0.4, 0.5) is 0 Å². The summed E-state index contributed by atoms with van der Waals surface area (Å²) in [6, 6.07) is -12.0. The molecule has 0 aromatic carbocycles. The Hall–Kier alpha value is -7.04. The monoisotopic (exact) mass is 1360 g/mol. The maximum absolute atomic E-state index is 14.6. The number of likely N-dealkylation sites (tertiary alicyclic amines) is 4. The number of nitrogens with one attached hydrogen (secondary N) is 7. The first-order valence-corrected chi connectivity index (χ1v) is 32.2. The molecule has 0 bridgehead atoms. The quantitative estimate of drug-likeness (QED) is 0.0180. The van der Waals surface area contributed by atoms with E-state index in [1.165, 1.54) is 54.2 Å². The van der Waals surface area contributed by atoms with Crippen molar-refractivity contribution in [2.45, 2.75) is 221 Å². The summed E-state index contributed by atoms with van der Waals surface area (Å²) in [6.07, 6.45) is -13.1. The van der Waals surface area contributed by atoms with Gasteiger partial charge in [0.25, 0.3) is 0 Å². The molecule has 21 atom stereocenters. The van der Waals surface area contributed by atoms with Crippen LogP contribution in [0.1, 0.15) is 98.8 Å². The number of nitrogens with zero attached hydrogens (tertiary/aromatic N) is 5. The Balaban J connectivity index is 1.13. The van der Waals surface area contributed by atoms with Crippen LogP contribution in [0.15, 0.2) is 4.99 Å². The van der Waals surface area contributed by atoms with Crippen LogP contribution in [0.3, 0.4) is 0 Å². The molecule has 0 radical (unpaired) electrons. The predicted molar refractivity (Wildman–Crippen MR) is 328 cm³/mol. The number of amides is 11. The molecule has 6 aliphatic rings. The molecule has 37 heteroatoms. The van der Waals surface area contributed by atoms with Gasteiger partial charge in [0.15, 0.2) is 18.5 Å². The van der Waals surface area contributed by atoms with E-state index in [9.17, 15) is 88.5 Å². The maximum atomic E-state index is 14.6. The fourth-order valence-corrected chi connectivity index (χ4v) is 12.7. The normalized spacial score (nSPS) is 29.8. The minimum atomic E-state index is -1.93. The first-order chi connectivity index (χ1) is 45.0. The lowest BCUT2D eigenvalue weighted by Crippen LogP contribution is -2.64. The first-order valence-electron chi connectivity index (χ1n) is 32.2. The second kappa shape index (κ2) is 35.3. The third-order valence-corrected chi connectivity index (χ3v) is 18.1. The zero-order valence-corrected chi connectivity index (χ0v) is 54.3. The number of aliphatic imine (C=N–C) groups is 1. The molecule has 0 saturated carbocycles. The van der Waals surface area contributed by atoms with Gasteiger partial charge in [-0.25, -0.2) is 0 Å². The summed E-state index contributed by atoms with van der Waals surface area (Å²) in [5.41, 5.74) is 16.2. The van der Waals surface area contributed by atoms with Crippen molar-refractivity contribution in [2.75, 3.05) is 66.1 Å². The summed E-state index contributed by atoms with van der Waals surface area (Å²) < 4.78 is 23.6. The number of carbonyl (C=O) groups is 11. The number of aliphatic hydroxyl groups is 7. The van der Waals surface area contributed by atoms with E-state index in [1.807, 2.05) is 0 Å². The van der Waals surface area contributed by atoms with Crippen LogP contribution in [-0.2, 0) is 71.7 Å². The summed E-state index contributed by atoms with van der Waals surface area (Å²) in [5.74, 6) is -9.57. The van der Waals surface area contributed by atoms with Gasteiger partial charge in [-0.3, -0.25) is 57.7 Å². The highest BCUT2D eigenvalue weighted by Crippen LogP contribution is 2.34. The Morgan fingerprint density at radius 2 is 1.08 bits per heavy atom. The van der Waals surface area contributed by atoms with Gasteiger partial charge in [-0.1, -0.05) is 6.92 Å². The lowest BCUT2D eigenvalue weighted by Gasteiger charge is -2.47. The number of likely N-dealkylation sites (N-methyl/N-ethyl adjacent to an activating group) is 1. The average Bonchev–Trinajstić information content (AvgIpc) is 0.914. The molecule has 0 aromatic heterocycles. The van der Waals surface area contributed by atoms with Gasteiger partial charge >= 0.3 is 0 Å². The van der Waals surface area contributed by atoms with Crippen LogP contribution >= 0.6 is 0 Å². The van der Waals surface area contributed by atoms with E-state index in [2.05, 4.69) is 42.2 Å². The third-order valence-electron chi connectivity index (χ3n) is 18.1. The van der Waals surface area contributed by atoms with Crippen molar-refractivity contribution in [3.8, 4) is 0 Å². The Morgan fingerprint density at radius 3 is 1.64 bits per heavy atom. The first kappa shape index (κ1) is 77.0. The molecule has 6 heterocycles. The highest BCUT2D eigenvalue weighted by Gasteiger charge is 2.52. The lowest BCUT2D eigenvalue weighted by atomic mass is 9.91. The van der Waals surface area contributed by atoms with Crippen molar-refractivity contribution >= 4 is 70.9 Å². The Kier molecular flexibility index (Phi) is 28.6. The molecule has 95 heavy (non-hydrogen) atoms. The van der Waals surface area contributed by atoms with Crippen LogP contribution in [0, 0.1) is 5.92 Å². The van der Waals surface area contributed by atoms with E-state index >= 15 is 0 Å². The topological polar surface area (TPSA) is 554 Å². The number of ether oxygens (including phenoxy) is 4. The number of hydrogen-bond acceptors (Lipinski definition) is 24. The van der Waals surface area contributed by atoms with Gasteiger partial charge in [-0.05, 0) is 99.0 Å². The van der Waals surface area contributed by atoms with Gasteiger partial charge in [-0.2, -0.15) is 0 Å². The number of guanidine groups is 1. The van der Waals surface area contributed by atoms with Gasteiger partial charge in [0, 0.05) is 38.6 Å². The van der Waals surface area contributed by atoms with E-state index in [1.54, 1.807) is 7.05 Å². The van der Waals surface area contributed by atoms with Gasteiger partial charge in [0.1, 0.15) is 91.0 Å². The molecule has 6 fully saturated rings. The molecule has 20 N–H and O–H groups in total. The fraction of sp³-hybridized carbons (Fsp3) is 0.793. The zero-order valence-electron chi connectivity index (χ0n) is 54.3. The van der Waals surface area contributed by atoms with Crippen molar-refractivity contribution in [3.05, 3.63) is 0 Å². The lowest BCUT2D eigenvalue weighted by molar-refractivity contribution is -0.354. The molecule has 6 rings (SSSR count). The van der Waals surface area contributed by atoms with Crippen LogP contribution < -0.4 is 54.4 Å². The highest BCUT2D eigenvalue weighted by molar-refractivity contribution is 5.99. The van der Waals surface area contributed by atoms with Gasteiger partial charge in [-0.15, -0.1) is 0 Å². The number of carbonyl (C=O) groups excluding carboxylic acids is 11. The minimum Gasteiger partial charge on any atom is -0.394 e. The number of rotatable bonds is 30. The molecule has 37 nitrogen and oxygen atoms in total. The van der Waals surface area contributed by atoms with Crippen molar-refractivity contribution in [1.29, 1.82) is 0 Å². The molecule has 15 unspecified atom stereocenters.